The number of nitrogen functional groups attached to an aromatic ring is 1. The van der Waals surface area contributed by atoms with Gasteiger partial charge >= 0.3 is 0 Å². The van der Waals surface area contributed by atoms with Crippen molar-refractivity contribution in [3.8, 4) is 0 Å². The van der Waals surface area contributed by atoms with Gasteiger partial charge in [0.1, 0.15) is 23.8 Å². The summed E-state index contributed by atoms with van der Waals surface area (Å²) in [5.41, 5.74) is 9.99. The lowest BCUT2D eigenvalue weighted by Crippen LogP contribution is -2.33. The fourth-order valence-corrected chi connectivity index (χ4v) is 2.90. The Morgan fingerprint density at radius 3 is 2.89 bits per heavy atom. The van der Waals surface area contributed by atoms with E-state index >= 15 is 0 Å². The van der Waals surface area contributed by atoms with Crippen LogP contribution in [0.15, 0.2) is 36.0 Å². The molecule has 4 atom stereocenters. The van der Waals surface area contributed by atoms with Crippen molar-refractivity contribution >= 4 is 29.1 Å². The van der Waals surface area contributed by atoms with E-state index in [2.05, 4.69) is 30.5 Å². The molecular weight excluding hydrogens is 368 g/mol. The van der Waals surface area contributed by atoms with Gasteiger partial charge in [0.25, 0.3) is 0 Å². The second-order valence-electron chi connectivity index (χ2n) is 6.14. The van der Waals surface area contributed by atoms with E-state index in [1.54, 1.807) is 24.7 Å². The highest BCUT2D eigenvalue weighted by molar-refractivity contribution is 5.83. The van der Waals surface area contributed by atoms with Crippen molar-refractivity contribution in [1.82, 2.24) is 24.5 Å². The highest BCUT2D eigenvalue weighted by Gasteiger charge is 2.44. The van der Waals surface area contributed by atoms with Crippen LogP contribution in [0, 0.1) is 0 Å². The molecule has 0 unspecified atom stereocenters. The van der Waals surface area contributed by atoms with E-state index in [1.807, 2.05) is 6.07 Å². The van der Waals surface area contributed by atoms with E-state index in [9.17, 15) is 15.3 Å². The molecule has 12 heteroatoms. The van der Waals surface area contributed by atoms with Crippen molar-refractivity contribution in [1.29, 1.82) is 0 Å². The number of aliphatic hydroxyl groups is 3. The molecule has 1 aliphatic heterocycles. The van der Waals surface area contributed by atoms with E-state index in [1.165, 1.54) is 10.9 Å². The van der Waals surface area contributed by atoms with E-state index in [4.69, 9.17) is 10.5 Å². The van der Waals surface area contributed by atoms with Crippen molar-refractivity contribution in [3.05, 3.63) is 36.4 Å². The number of fused-ring (bicyclic) bond motifs is 1. The van der Waals surface area contributed by atoms with Gasteiger partial charge in [-0.3, -0.25) is 9.55 Å². The van der Waals surface area contributed by atoms with Crippen molar-refractivity contribution in [2.45, 2.75) is 24.5 Å². The molecule has 0 saturated carbocycles. The average Bonchev–Trinajstić information content (AvgIpc) is 3.24. The van der Waals surface area contributed by atoms with Gasteiger partial charge in [0.15, 0.2) is 17.7 Å². The molecule has 12 nitrogen and oxygen atoms in total. The Kier molecular flexibility index (Phi) is 4.83. The highest BCUT2D eigenvalue weighted by Crippen LogP contribution is 2.32. The van der Waals surface area contributed by atoms with Gasteiger partial charge in [0, 0.05) is 18.0 Å². The van der Waals surface area contributed by atoms with Gasteiger partial charge in [-0.05, 0) is 6.07 Å². The van der Waals surface area contributed by atoms with Gasteiger partial charge in [0.2, 0.25) is 5.95 Å². The van der Waals surface area contributed by atoms with Gasteiger partial charge in [-0.2, -0.15) is 15.1 Å². The molecule has 3 aromatic rings. The SMILES string of the molecule is Nc1nc(NN=Cc2cccnc2)nc2c1ncn2[C@@H]1O[C@H](CO)[C@@H](O)[C@H]1O. The quantitative estimate of drug-likeness (QED) is 0.266. The average molecular weight is 386 g/mol. The molecule has 0 aliphatic carbocycles. The maximum absolute atomic E-state index is 10.2. The van der Waals surface area contributed by atoms with Crippen LogP contribution in [0.3, 0.4) is 0 Å². The molecule has 0 radical (unpaired) electrons. The number of nitrogens with two attached hydrogens (primary N) is 1. The number of hydrazone groups is 1. The van der Waals surface area contributed by atoms with Crippen LogP contribution in [0.1, 0.15) is 11.8 Å². The van der Waals surface area contributed by atoms with E-state index in [0.29, 0.717) is 5.52 Å². The van der Waals surface area contributed by atoms with E-state index in [-0.39, 0.29) is 17.4 Å². The molecule has 28 heavy (non-hydrogen) atoms. The third kappa shape index (κ3) is 3.25. The Bertz CT molecular complexity index is 995. The summed E-state index contributed by atoms with van der Waals surface area (Å²) in [6, 6.07) is 3.61. The molecule has 4 rings (SSSR count). The van der Waals surface area contributed by atoms with Gasteiger partial charge in [-0.1, -0.05) is 6.07 Å². The maximum Gasteiger partial charge on any atom is 0.247 e. The molecule has 3 aromatic heterocycles. The highest BCUT2D eigenvalue weighted by atomic mass is 16.6. The van der Waals surface area contributed by atoms with Crippen molar-refractivity contribution in [2.75, 3.05) is 17.8 Å². The first kappa shape index (κ1) is 18.2. The minimum atomic E-state index is -1.27. The van der Waals surface area contributed by atoms with Crippen molar-refractivity contribution in [2.24, 2.45) is 5.10 Å². The fourth-order valence-electron chi connectivity index (χ4n) is 2.90. The number of hydrogen-bond donors (Lipinski definition) is 5. The number of hydrogen-bond acceptors (Lipinski definition) is 11. The van der Waals surface area contributed by atoms with E-state index in [0.717, 1.165) is 5.56 Å². The van der Waals surface area contributed by atoms with Gasteiger partial charge in [0.05, 0.1) is 19.1 Å². The minimum Gasteiger partial charge on any atom is -0.394 e. The van der Waals surface area contributed by atoms with Gasteiger partial charge in [-0.25, -0.2) is 10.4 Å². The number of imidazole rings is 1. The lowest BCUT2D eigenvalue weighted by molar-refractivity contribution is -0.0511. The summed E-state index contributed by atoms with van der Waals surface area (Å²) < 4.78 is 6.94. The topological polar surface area (TPSA) is 177 Å². The van der Waals surface area contributed by atoms with Crippen LogP contribution in [0.25, 0.3) is 11.2 Å². The zero-order valence-corrected chi connectivity index (χ0v) is 14.5. The number of rotatable bonds is 5. The zero-order valence-electron chi connectivity index (χ0n) is 14.5. The third-order valence-electron chi connectivity index (χ3n) is 4.30. The van der Waals surface area contributed by atoms with Crippen LogP contribution in [0.2, 0.25) is 0 Å². The molecule has 0 bridgehead atoms. The smallest absolute Gasteiger partial charge is 0.247 e. The molecular formula is C16H18N8O4. The molecule has 0 amide bonds. The number of nitrogens with one attached hydrogen (secondary N) is 1. The van der Waals surface area contributed by atoms with Crippen LogP contribution in [0.5, 0.6) is 0 Å². The van der Waals surface area contributed by atoms with Gasteiger partial charge in [-0.15, -0.1) is 0 Å². The summed E-state index contributed by atoms with van der Waals surface area (Å²) in [6.07, 6.45) is 1.79. The first-order chi connectivity index (χ1) is 13.6. The predicted octanol–water partition coefficient (Wildman–Crippen LogP) is -1.14. The summed E-state index contributed by atoms with van der Waals surface area (Å²) in [5.74, 6) is 0.216. The summed E-state index contributed by atoms with van der Waals surface area (Å²) in [7, 11) is 0. The Hall–Kier alpha value is -3.19. The fraction of sp³-hybridized carbons (Fsp3) is 0.312. The summed E-state index contributed by atoms with van der Waals surface area (Å²) >= 11 is 0. The monoisotopic (exact) mass is 386 g/mol. The molecule has 4 heterocycles. The molecule has 0 spiro atoms. The molecule has 0 aromatic carbocycles. The van der Waals surface area contributed by atoms with Crippen LogP contribution in [-0.2, 0) is 4.74 Å². The number of anilines is 2. The number of pyridine rings is 1. The summed E-state index contributed by atoms with van der Waals surface area (Å²) in [6.45, 7) is -0.436. The first-order valence-corrected chi connectivity index (χ1v) is 8.40. The minimum absolute atomic E-state index is 0.106. The number of aliphatic hydroxyl groups excluding tert-OH is 3. The van der Waals surface area contributed by atoms with Crippen molar-refractivity contribution in [3.63, 3.8) is 0 Å². The maximum atomic E-state index is 10.2. The van der Waals surface area contributed by atoms with Gasteiger partial charge < -0.3 is 25.8 Å². The van der Waals surface area contributed by atoms with E-state index < -0.39 is 31.1 Å². The Morgan fingerprint density at radius 1 is 1.32 bits per heavy atom. The molecule has 1 fully saturated rings. The summed E-state index contributed by atoms with van der Waals surface area (Å²) in [5, 5.41) is 33.5. The normalized spacial score (nSPS) is 25.0. The predicted molar refractivity (Wildman–Crippen MR) is 98.2 cm³/mol. The molecule has 6 N–H and O–H groups in total. The third-order valence-corrected chi connectivity index (χ3v) is 4.30. The molecule has 1 aliphatic rings. The Balaban J connectivity index is 1.63. The lowest BCUT2D eigenvalue weighted by atomic mass is 10.1. The number of ether oxygens (including phenoxy) is 1. The molecule has 146 valence electrons. The first-order valence-electron chi connectivity index (χ1n) is 8.40. The largest absolute Gasteiger partial charge is 0.394 e. The van der Waals surface area contributed by atoms with Crippen LogP contribution in [0.4, 0.5) is 11.8 Å². The summed E-state index contributed by atoms with van der Waals surface area (Å²) in [4.78, 5) is 16.5. The second kappa shape index (κ2) is 7.44. The second-order valence-corrected chi connectivity index (χ2v) is 6.14. The zero-order chi connectivity index (χ0) is 19.7. The number of nitrogens with zero attached hydrogens (tertiary/aromatic N) is 6. The Labute approximate surface area is 158 Å². The molecule has 1 saturated heterocycles. The van der Waals surface area contributed by atoms with Crippen LogP contribution in [-0.4, -0.2) is 71.0 Å². The van der Waals surface area contributed by atoms with Crippen LogP contribution >= 0.6 is 0 Å². The van der Waals surface area contributed by atoms with Crippen molar-refractivity contribution < 1.29 is 20.1 Å². The standard InChI is InChI=1S/C16H18N8O4/c17-13-10-14(22-16(21-13)23-20-5-8-2-1-3-18-4-8)24(7-19-10)15-12(27)11(26)9(6-25)28-15/h1-5,7,9,11-12,15,25-27H,6H2,(H3,17,21,22,23)/t9-,11-,12-,15-/m1/s1. The Morgan fingerprint density at radius 2 is 2.18 bits per heavy atom. The van der Waals surface area contributed by atoms with Crippen LogP contribution < -0.4 is 11.2 Å². The number of aromatic nitrogens is 5. The lowest BCUT2D eigenvalue weighted by Gasteiger charge is -2.16.